The Morgan fingerprint density at radius 3 is 2.79 bits per heavy atom. The topological polar surface area (TPSA) is 65.1 Å². The van der Waals surface area contributed by atoms with Crippen LogP contribution in [0.5, 0.6) is 0 Å². The highest BCUT2D eigenvalue weighted by atomic mass is 32.1. The first-order valence-corrected chi connectivity index (χ1v) is 8.71. The van der Waals surface area contributed by atoms with Gasteiger partial charge in [0, 0.05) is 41.5 Å². The van der Waals surface area contributed by atoms with Crippen molar-refractivity contribution in [2.75, 3.05) is 19.0 Å². The zero-order valence-electron chi connectivity index (χ0n) is 14.6. The molecule has 3 rings (SSSR count). The van der Waals surface area contributed by atoms with Crippen molar-refractivity contribution in [3.05, 3.63) is 34.7 Å². The van der Waals surface area contributed by atoms with E-state index in [-0.39, 0.29) is 6.04 Å². The summed E-state index contributed by atoms with van der Waals surface area (Å²) >= 11 is 1.60. The fourth-order valence-corrected chi connectivity index (χ4v) is 3.62. The van der Waals surface area contributed by atoms with E-state index in [0.717, 1.165) is 39.4 Å². The minimum atomic E-state index is 0.222. The normalized spacial score (nSPS) is 12.5. The molecule has 1 N–H and O–H groups in total. The molecule has 6 nitrogen and oxygen atoms in total. The first-order chi connectivity index (χ1) is 11.5. The molecule has 0 aliphatic carbocycles. The average Bonchev–Trinajstić information content (AvgIpc) is 3.20. The number of methoxy groups -OCH3 is 1. The predicted octanol–water partition coefficient (Wildman–Crippen LogP) is 3.96. The zero-order chi connectivity index (χ0) is 17.3. The van der Waals surface area contributed by atoms with Gasteiger partial charge in [-0.25, -0.2) is 4.98 Å². The second-order valence-corrected chi connectivity index (χ2v) is 6.81. The number of aromatic nitrogens is 3. The second kappa shape index (κ2) is 6.78. The highest BCUT2D eigenvalue weighted by molar-refractivity contribution is 7.14. The van der Waals surface area contributed by atoms with Crippen LogP contribution in [0, 0.1) is 20.8 Å². The standard InChI is InChI=1S/C17H22N4O2S/c1-10(8-22-5)18-17-19-15(9-24-17)14-6-11(2)21(13(14)4)16-7-12(3)23-20-16/h6-7,9-10H,8H2,1-5H3,(H,18,19). The molecule has 0 aliphatic rings. The van der Waals surface area contributed by atoms with Gasteiger partial charge >= 0.3 is 0 Å². The summed E-state index contributed by atoms with van der Waals surface area (Å²) in [7, 11) is 1.70. The molecule has 1 unspecified atom stereocenters. The summed E-state index contributed by atoms with van der Waals surface area (Å²) in [5, 5.41) is 10.5. The van der Waals surface area contributed by atoms with Gasteiger partial charge in [-0.05, 0) is 33.8 Å². The van der Waals surface area contributed by atoms with E-state index in [4.69, 9.17) is 14.2 Å². The summed E-state index contributed by atoms with van der Waals surface area (Å²) in [5.41, 5.74) is 4.28. The molecule has 0 fully saturated rings. The van der Waals surface area contributed by atoms with Crippen molar-refractivity contribution in [1.82, 2.24) is 14.7 Å². The van der Waals surface area contributed by atoms with E-state index in [2.05, 4.69) is 47.3 Å². The lowest BCUT2D eigenvalue weighted by Gasteiger charge is -2.10. The van der Waals surface area contributed by atoms with Gasteiger partial charge in [-0.2, -0.15) is 0 Å². The lowest BCUT2D eigenvalue weighted by molar-refractivity contribution is 0.190. The van der Waals surface area contributed by atoms with Gasteiger partial charge in [-0.15, -0.1) is 11.3 Å². The lowest BCUT2D eigenvalue weighted by Crippen LogP contribution is -2.20. The summed E-state index contributed by atoms with van der Waals surface area (Å²) in [6, 6.07) is 4.29. The maximum atomic E-state index is 5.21. The van der Waals surface area contributed by atoms with Gasteiger partial charge in [0.2, 0.25) is 0 Å². The van der Waals surface area contributed by atoms with Gasteiger partial charge in [0.05, 0.1) is 12.3 Å². The Morgan fingerprint density at radius 2 is 2.12 bits per heavy atom. The number of anilines is 1. The van der Waals surface area contributed by atoms with Crippen LogP contribution in [0.15, 0.2) is 22.0 Å². The molecule has 128 valence electrons. The lowest BCUT2D eigenvalue weighted by atomic mass is 10.2. The zero-order valence-corrected chi connectivity index (χ0v) is 15.4. The van der Waals surface area contributed by atoms with Crippen molar-refractivity contribution in [2.45, 2.75) is 33.7 Å². The summed E-state index contributed by atoms with van der Waals surface area (Å²) in [4.78, 5) is 4.71. The predicted molar refractivity (Wildman–Crippen MR) is 96.1 cm³/mol. The fraction of sp³-hybridized carbons (Fsp3) is 0.412. The van der Waals surface area contributed by atoms with Gasteiger partial charge in [0.1, 0.15) is 5.76 Å². The van der Waals surface area contributed by atoms with E-state index >= 15 is 0 Å². The number of aryl methyl sites for hydroxylation is 2. The third kappa shape index (κ3) is 3.22. The monoisotopic (exact) mass is 346 g/mol. The molecule has 24 heavy (non-hydrogen) atoms. The van der Waals surface area contributed by atoms with Crippen LogP contribution in [-0.4, -0.2) is 34.5 Å². The smallest absolute Gasteiger partial charge is 0.183 e. The molecule has 0 saturated heterocycles. The number of thiazole rings is 1. The Bertz CT molecular complexity index is 834. The first kappa shape index (κ1) is 16.7. The number of nitrogens with zero attached hydrogens (tertiary/aromatic N) is 3. The van der Waals surface area contributed by atoms with E-state index in [1.54, 1.807) is 18.4 Å². The van der Waals surface area contributed by atoms with Crippen LogP contribution >= 0.6 is 11.3 Å². The summed E-state index contributed by atoms with van der Waals surface area (Å²) < 4.78 is 12.4. The second-order valence-electron chi connectivity index (χ2n) is 5.95. The molecule has 3 aromatic rings. The van der Waals surface area contributed by atoms with E-state index in [0.29, 0.717) is 6.61 Å². The van der Waals surface area contributed by atoms with E-state index in [1.165, 1.54) is 0 Å². The molecular formula is C17H22N4O2S. The summed E-state index contributed by atoms with van der Waals surface area (Å²) in [5.74, 6) is 1.60. The van der Waals surface area contributed by atoms with Gasteiger partial charge in [-0.1, -0.05) is 5.16 Å². The molecule has 0 amide bonds. The van der Waals surface area contributed by atoms with E-state index in [1.807, 2.05) is 13.0 Å². The molecule has 0 aromatic carbocycles. The molecule has 3 aromatic heterocycles. The Hall–Kier alpha value is -2.12. The highest BCUT2D eigenvalue weighted by Gasteiger charge is 2.17. The van der Waals surface area contributed by atoms with E-state index < -0.39 is 0 Å². The molecule has 7 heteroatoms. The molecule has 0 saturated carbocycles. The quantitative estimate of drug-likeness (QED) is 0.732. The molecule has 0 spiro atoms. The van der Waals surface area contributed by atoms with Crippen molar-refractivity contribution < 1.29 is 9.26 Å². The average molecular weight is 346 g/mol. The molecule has 0 aliphatic heterocycles. The molecular weight excluding hydrogens is 324 g/mol. The SMILES string of the molecule is COCC(C)Nc1nc(-c2cc(C)n(-c3cc(C)on3)c2C)cs1. The van der Waals surface area contributed by atoms with Crippen molar-refractivity contribution in [3.8, 4) is 17.1 Å². The molecule has 1 atom stereocenters. The Balaban J connectivity index is 1.90. The Morgan fingerprint density at radius 1 is 1.33 bits per heavy atom. The van der Waals surface area contributed by atoms with Crippen molar-refractivity contribution in [2.24, 2.45) is 0 Å². The Labute approximate surface area is 145 Å². The third-order valence-corrected chi connectivity index (χ3v) is 4.62. The van der Waals surface area contributed by atoms with E-state index in [9.17, 15) is 0 Å². The number of nitrogens with one attached hydrogen (secondary N) is 1. The van der Waals surface area contributed by atoms with Crippen molar-refractivity contribution in [1.29, 1.82) is 0 Å². The minimum absolute atomic E-state index is 0.222. The largest absolute Gasteiger partial charge is 0.383 e. The van der Waals surface area contributed by atoms with Gasteiger partial charge in [0.25, 0.3) is 0 Å². The van der Waals surface area contributed by atoms with Gasteiger partial charge in [0.15, 0.2) is 10.9 Å². The first-order valence-electron chi connectivity index (χ1n) is 7.83. The molecule has 0 bridgehead atoms. The Kier molecular flexibility index (Phi) is 4.73. The summed E-state index contributed by atoms with van der Waals surface area (Å²) in [6.45, 7) is 8.75. The number of hydrogen-bond acceptors (Lipinski definition) is 6. The highest BCUT2D eigenvalue weighted by Crippen LogP contribution is 2.31. The third-order valence-electron chi connectivity index (χ3n) is 3.84. The fourth-order valence-electron chi connectivity index (χ4n) is 2.80. The number of hydrogen-bond donors (Lipinski definition) is 1. The van der Waals surface area contributed by atoms with Crippen LogP contribution in [0.4, 0.5) is 5.13 Å². The number of rotatable bonds is 6. The van der Waals surface area contributed by atoms with Crippen molar-refractivity contribution in [3.63, 3.8) is 0 Å². The minimum Gasteiger partial charge on any atom is -0.383 e. The number of ether oxygens (including phenoxy) is 1. The maximum absolute atomic E-state index is 5.21. The molecule has 0 radical (unpaired) electrons. The van der Waals surface area contributed by atoms with Crippen LogP contribution in [0.2, 0.25) is 0 Å². The molecule has 3 heterocycles. The van der Waals surface area contributed by atoms with Crippen LogP contribution in [0.3, 0.4) is 0 Å². The van der Waals surface area contributed by atoms with Gasteiger partial charge < -0.3 is 14.6 Å². The van der Waals surface area contributed by atoms with Gasteiger partial charge in [-0.3, -0.25) is 4.57 Å². The van der Waals surface area contributed by atoms with Crippen molar-refractivity contribution >= 4 is 16.5 Å². The summed E-state index contributed by atoms with van der Waals surface area (Å²) in [6.07, 6.45) is 0. The van der Waals surface area contributed by atoms with Crippen LogP contribution in [0.1, 0.15) is 24.1 Å². The van der Waals surface area contributed by atoms with Crippen LogP contribution < -0.4 is 5.32 Å². The van der Waals surface area contributed by atoms with Crippen LogP contribution in [-0.2, 0) is 4.74 Å². The maximum Gasteiger partial charge on any atom is 0.183 e. The van der Waals surface area contributed by atoms with Crippen LogP contribution in [0.25, 0.3) is 17.1 Å².